The van der Waals surface area contributed by atoms with Gasteiger partial charge in [0, 0.05) is 42.7 Å². The Morgan fingerprint density at radius 3 is 2.49 bits per heavy atom. The summed E-state index contributed by atoms with van der Waals surface area (Å²) in [6, 6.07) is 12.7. The summed E-state index contributed by atoms with van der Waals surface area (Å²) >= 11 is 1.70. The predicted octanol–water partition coefficient (Wildman–Crippen LogP) is 4.93. The molecule has 8 rings (SSSR count). The van der Waals surface area contributed by atoms with Crippen LogP contribution in [0.4, 0.5) is 5.82 Å². The van der Waals surface area contributed by atoms with E-state index >= 15 is 0 Å². The lowest BCUT2D eigenvalue weighted by molar-refractivity contribution is 0.0331. The Morgan fingerprint density at radius 2 is 1.67 bits per heavy atom. The maximum Gasteiger partial charge on any atom is 0.150 e. The number of ether oxygens (including phenoxy) is 2. The highest BCUT2D eigenvalue weighted by atomic mass is 32.1. The number of anilines is 1. The smallest absolute Gasteiger partial charge is 0.150 e. The van der Waals surface area contributed by atoms with Crippen molar-refractivity contribution in [2.45, 2.75) is 19.4 Å². The van der Waals surface area contributed by atoms with Gasteiger partial charge in [-0.2, -0.15) is 0 Å². The second-order valence-electron chi connectivity index (χ2n) is 10.4. The summed E-state index contributed by atoms with van der Waals surface area (Å²) in [6.45, 7) is 7.04. The molecule has 2 fully saturated rings. The van der Waals surface area contributed by atoms with Crippen LogP contribution in [0.1, 0.15) is 17.0 Å². The molecule has 0 atom stereocenters. The first kappa shape index (κ1) is 23.5. The molecular weight excluding hydrogens is 510 g/mol. The van der Waals surface area contributed by atoms with Crippen LogP contribution < -0.4 is 4.90 Å². The summed E-state index contributed by atoms with van der Waals surface area (Å²) in [5, 5.41) is 1.09. The van der Waals surface area contributed by atoms with Crippen LogP contribution in [0.15, 0.2) is 47.1 Å². The van der Waals surface area contributed by atoms with Crippen LogP contribution in [-0.2, 0) is 28.9 Å². The Balaban J connectivity index is 1.40. The number of benzene rings is 1. The summed E-state index contributed by atoms with van der Waals surface area (Å²) in [7, 11) is 0. The predicted molar refractivity (Wildman–Crippen MR) is 152 cm³/mol. The van der Waals surface area contributed by atoms with Crippen LogP contribution in [0, 0.1) is 0 Å². The van der Waals surface area contributed by atoms with E-state index in [0.717, 1.165) is 101 Å². The number of fused-ring (bicyclic) bond motifs is 6. The summed E-state index contributed by atoms with van der Waals surface area (Å²) < 4.78 is 18.4. The number of thiophene rings is 1. The van der Waals surface area contributed by atoms with Crippen LogP contribution in [0.5, 0.6) is 0 Å². The van der Waals surface area contributed by atoms with Crippen molar-refractivity contribution in [1.82, 2.24) is 19.9 Å². The van der Waals surface area contributed by atoms with Gasteiger partial charge in [0.2, 0.25) is 0 Å². The van der Waals surface area contributed by atoms with Crippen LogP contribution in [0.2, 0.25) is 0 Å². The molecule has 3 aliphatic rings. The van der Waals surface area contributed by atoms with E-state index in [1.54, 1.807) is 17.6 Å². The fourth-order valence-electron chi connectivity index (χ4n) is 6.15. The molecule has 0 spiro atoms. The SMILES string of the molecule is c1coc(-c2c3c(nc4sc5c(N6CCOCC6)nc(CN6CCOCC6)nc5c24)-c2ccccc2CC3)c1. The number of nitrogens with zero attached hydrogens (tertiary/aromatic N) is 5. The normalized spacial score (nSPS) is 18.0. The standard InChI is InChI=1S/C30H29N5O3S/c1-2-5-20-19(4-1)7-8-21-24(22-6-3-13-38-22)25-27-28(39-30(25)33-26(20)21)29(35-11-16-37-17-12-35)32-23(31-27)18-34-9-14-36-15-10-34/h1-6,13H,7-12,14-18H2. The minimum atomic E-state index is 0.704. The summed E-state index contributed by atoms with van der Waals surface area (Å²) in [5.41, 5.74) is 7.00. The molecule has 0 radical (unpaired) electrons. The van der Waals surface area contributed by atoms with Gasteiger partial charge in [-0.15, -0.1) is 11.3 Å². The molecule has 1 aliphatic carbocycles. The van der Waals surface area contributed by atoms with Gasteiger partial charge in [0.25, 0.3) is 0 Å². The Labute approximate surface area is 230 Å². The maximum atomic E-state index is 6.08. The molecule has 0 amide bonds. The molecule has 2 aliphatic heterocycles. The van der Waals surface area contributed by atoms with E-state index in [0.29, 0.717) is 19.8 Å². The fourth-order valence-corrected chi connectivity index (χ4v) is 7.29. The molecule has 2 saturated heterocycles. The Bertz CT molecular complexity index is 1670. The molecule has 8 nitrogen and oxygen atoms in total. The number of hydrogen-bond donors (Lipinski definition) is 0. The van der Waals surface area contributed by atoms with E-state index in [1.165, 1.54) is 16.7 Å². The third kappa shape index (κ3) is 4.03. The molecule has 0 N–H and O–H groups in total. The van der Waals surface area contributed by atoms with Crippen molar-refractivity contribution >= 4 is 37.6 Å². The van der Waals surface area contributed by atoms with Crippen LogP contribution in [0.3, 0.4) is 0 Å². The molecule has 39 heavy (non-hydrogen) atoms. The Hall–Kier alpha value is -3.37. The van der Waals surface area contributed by atoms with Gasteiger partial charge in [0.1, 0.15) is 16.4 Å². The first-order chi connectivity index (χ1) is 19.3. The monoisotopic (exact) mass is 539 g/mol. The number of rotatable bonds is 4. The average Bonchev–Trinajstić information content (AvgIpc) is 3.65. The lowest BCUT2D eigenvalue weighted by Crippen LogP contribution is -2.38. The van der Waals surface area contributed by atoms with E-state index in [9.17, 15) is 0 Å². The first-order valence-electron chi connectivity index (χ1n) is 13.7. The van der Waals surface area contributed by atoms with E-state index in [1.807, 2.05) is 6.07 Å². The third-order valence-corrected chi connectivity index (χ3v) is 9.13. The van der Waals surface area contributed by atoms with Crippen molar-refractivity contribution in [1.29, 1.82) is 0 Å². The lowest BCUT2D eigenvalue weighted by Gasteiger charge is -2.29. The van der Waals surface area contributed by atoms with Crippen molar-refractivity contribution in [2.75, 3.05) is 57.5 Å². The number of pyridine rings is 1. The van der Waals surface area contributed by atoms with Crippen LogP contribution in [-0.4, -0.2) is 72.5 Å². The first-order valence-corrected chi connectivity index (χ1v) is 14.6. The average molecular weight is 540 g/mol. The van der Waals surface area contributed by atoms with Crippen molar-refractivity contribution in [3.05, 3.63) is 59.6 Å². The number of aromatic nitrogens is 3. The van der Waals surface area contributed by atoms with Crippen molar-refractivity contribution in [3.8, 4) is 22.6 Å². The second-order valence-corrected chi connectivity index (χ2v) is 11.4. The molecule has 5 aromatic rings. The summed E-state index contributed by atoms with van der Waals surface area (Å²) in [4.78, 5) is 21.5. The number of hydrogen-bond acceptors (Lipinski definition) is 9. The Kier molecular flexibility index (Phi) is 5.83. The number of aryl methyl sites for hydroxylation is 1. The highest BCUT2D eigenvalue weighted by molar-refractivity contribution is 7.26. The molecule has 0 unspecified atom stereocenters. The molecule has 0 bridgehead atoms. The van der Waals surface area contributed by atoms with Gasteiger partial charge in [-0.05, 0) is 36.1 Å². The van der Waals surface area contributed by atoms with Gasteiger partial charge in [-0.3, -0.25) is 4.90 Å². The molecule has 198 valence electrons. The quantitative estimate of drug-likeness (QED) is 0.318. The summed E-state index contributed by atoms with van der Waals surface area (Å²) in [5.74, 6) is 2.72. The van der Waals surface area contributed by atoms with E-state index in [2.05, 4.69) is 40.1 Å². The molecule has 0 saturated carbocycles. The maximum absolute atomic E-state index is 6.08. The van der Waals surface area contributed by atoms with Gasteiger partial charge >= 0.3 is 0 Å². The molecule has 4 aromatic heterocycles. The van der Waals surface area contributed by atoms with Gasteiger partial charge in [-0.25, -0.2) is 15.0 Å². The minimum Gasteiger partial charge on any atom is -0.464 e. The molecular formula is C30H29N5O3S. The minimum absolute atomic E-state index is 0.704. The van der Waals surface area contributed by atoms with E-state index in [-0.39, 0.29) is 0 Å². The number of furan rings is 1. The zero-order chi connectivity index (χ0) is 25.8. The van der Waals surface area contributed by atoms with Gasteiger partial charge < -0.3 is 18.8 Å². The largest absolute Gasteiger partial charge is 0.464 e. The van der Waals surface area contributed by atoms with Gasteiger partial charge in [0.15, 0.2) is 5.82 Å². The highest BCUT2D eigenvalue weighted by Crippen LogP contribution is 2.47. The number of morpholine rings is 2. The van der Waals surface area contributed by atoms with E-state index < -0.39 is 0 Å². The summed E-state index contributed by atoms with van der Waals surface area (Å²) in [6.07, 6.45) is 3.67. The molecule has 1 aromatic carbocycles. The zero-order valence-corrected chi connectivity index (χ0v) is 22.5. The van der Waals surface area contributed by atoms with Crippen molar-refractivity contribution in [2.24, 2.45) is 0 Å². The zero-order valence-electron chi connectivity index (χ0n) is 21.7. The third-order valence-electron chi connectivity index (χ3n) is 8.06. The molecule has 9 heteroatoms. The van der Waals surface area contributed by atoms with Crippen molar-refractivity contribution < 1.29 is 13.9 Å². The van der Waals surface area contributed by atoms with Gasteiger partial charge in [0.05, 0.1) is 55.1 Å². The van der Waals surface area contributed by atoms with Crippen LogP contribution >= 0.6 is 11.3 Å². The second kappa shape index (κ2) is 9.67. The fraction of sp³-hybridized carbons (Fsp3) is 0.367. The highest BCUT2D eigenvalue weighted by Gasteiger charge is 2.29. The Morgan fingerprint density at radius 1 is 0.846 bits per heavy atom. The topological polar surface area (TPSA) is 76.8 Å². The lowest BCUT2D eigenvalue weighted by atomic mass is 9.85. The van der Waals surface area contributed by atoms with Gasteiger partial charge in [-0.1, -0.05) is 24.3 Å². The van der Waals surface area contributed by atoms with Crippen molar-refractivity contribution in [3.63, 3.8) is 0 Å². The molecule has 6 heterocycles. The van der Waals surface area contributed by atoms with E-state index in [4.69, 9.17) is 28.8 Å². The van der Waals surface area contributed by atoms with Crippen LogP contribution in [0.25, 0.3) is 43.0 Å².